The van der Waals surface area contributed by atoms with Crippen LogP contribution in [0, 0.1) is 0 Å². The molecule has 1 aromatic carbocycles. The Morgan fingerprint density at radius 1 is 1.34 bits per heavy atom. The summed E-state index contributed by atoms with van der Waals surface area (Å²) in [7, 11) is 3.56. The molecule has 0 spiro atoms. The van der Waals surface area contributed by atoms with Gasteiger partial charge in [0.05, 0.1) is 29.8 Å². The van der Waals surface area contributed by atoms with Crippen molar-refractivity contribution >= 4 is 33.3 Å². The molecular weight excluding hydrogens is 460 g/mol. The van der Waals surface area contributed by atoms with Crippen molar-refractivity contribution in [3.63, 3.8) is 0 Å². The van der Waals surface area contributed by atoms with Gasteiger partial charge < -0.3 is 24.1 Å². The topological polar surface area (TPSA) is 79.3 Å². The van der Waals surface area contributed by atoms with Gasteiger partial charge in [0.1, 0.15) is 0 Å². The minimum absolute atomic E-state index is 0.0105. The van der Waals surface area contributed by atoms with E-state index in [1.807, 2.05) is 24.4 Å². The molecule has 2 aliphatic rings. The number of nitrogens with zero attached hydrogens (tertiary/aromatic N) is 5. The number of hydrogen-bond donors (Lipinski definition) is 1. The molecule has 6 rings (SSSR count). The first-order valence-corrected chi connectivity index (χ1v) is 12.8. The fourth-order valence-corrected chi connectivity index (χ4v) is 6.45. The van der Waals surface area contributed by atoms with Gasteiger partial charge in [-0.1, -0.05) is 11.3 Å². The van der Waals surface area contributed by atoms with Crippen LogP contribution in [0.4, 0.5) is 5.13 Å². The van der Waals surface area contributed by atoms with Crippen molar-refractivity contribution in [3.05, 3.63) is 53.6 Å². The summed E-state index contributed by atoms with van der Waals surface area (Å²) in [5.41, 5.74) is 4.02. The lowest BCUT2D eigenvalue weighted by Gasteiger charge is -2.35. The lowest BCUT2D eigenvalue weighted by Crippen LogP contribution is -2.46. The Morgan fingerprint density at radius 2 is 2.20 bits per heavy atom. The van der Waals surface area contributed by atoms with Crippen molar-refractivity contribution in [1.29, 1.82) is 0 Å². The van der Waals surface area contributed by atoms with Gasteiger partial charge in [-0.25, -0.2) is 9.97 Å². The number of fused-ring (bicyclic) bond motifs is 4. The molecule has 182 valence electrons. The van der Waals surface area contributed by atoms with E-state index in [1.165, 1.54) is 10.4 Å². The third-order valence-electron chi connectivity index (χ3n) is 7.13. The zero-order valence-corrected chi connectivity index (χ0v) is 21.4. The van der Waals surface area contributed by atoms with Gasteiger partial charge >= 0.3 is 0 Å². The molecule has 0 unspecified atom stereocenters. The van der Waals surface area contributed by atoms with Crippen LogP contribution < -0.4 is 4.90 Å². The third-order valence-corrected chi connectivity index (χ3v) is 8.26. The fourth-order valence-electron chi connectivity index (χ4n) is 5.28. The largest absolute Gasteiger partial charge is 0.377 e. The van der Waals surface area contributed by atoms with Crippen molar-refractivity contribution in [2.24, 2.45) is 0 Å². The molecule has 9 heteroatoms. The molecule has 5 heterocycles. The standard InChI is InChI=1S/C26H30N6O2S/c1-26(2)13-21-22(23-27-7-8-32(23)26)35-25(29-21)31-9-10-34-15-18(31)11-17-14-28-20-6-5-16(12-19(17)20)24(33)30(3)4/h5-8,12,14,18,28H,9-11,13,15H2,1-4H3/t18-/m0/s1. The number of morpholine rings is 1. The first-order valence-electron chi connectivity index (χ1n) is 12.0. The maximum absolute atomic E-state index is 12.5. The van der Waals surface area contributed by atoms with Crippen LogP contribution in [0.1, 0.15) is 35.5 Å². The number of aromatic nitrogens is 4. The van der Waals surface area contributed by atoms with E-state index in [-0.39, 0.29) is 17.5 Å². The van der Waals surface area contributed by atoms with E-state index in [0.29, 0.717) is 18.8 Å². The van der Waals surface area contributed by atoms with Gasteiger partial charge in [-0.2, -0.15) is 0 Å². The molecule has 0 aliphatic carbocycles. The third kappa shape index (κ3) is 3.73. The molecule has 1 N–H and O–H groups in total. The van der Waals surface area contributed by atoms with E-state index in [0.717, 1.165) is 46.9 Å². The number of ether oxygens (including phenoxy) is 1. The Bertz CT molecular complexity index is 1410. The van der Waals surface area contributed by atoms with Crippen LogP contribution in [-0.2, 0) is 23.1 Å². The van der Waals surface area contributed by atoms with E-state index >= 15 is 0 Å². The highest BCUT2D eigenvalue weighted by molar-refractivity contribution is 7.19. The number of thiazole rings is 1. The Balaban J connectivity index is 1.32. The number of amides is 1. The number of anilines is 1. The normalized spacial score (nSPS) is 19.0. The van der Waals surface area contributed by atoms with Gasteiger partial charge in [-0.3, -0.25) is 4.79 Å². The minimum Gasteiger partial charge on any atom is -0.377 e. The summed E-state index contributed by atoms with van der Waals surface area (Å²) < 4.78 is 8.19. The first kappa shape index (κ1) is 22.3. The van der Waals surface area contributed by atoms with Crippen molar-refractivity contribution in [3.8, 4) is 10.7 Å². The molecule has 35 heavy (non-hydrogen) atoms. The Morgan fingerprint density at radius 3 is 3.03 bits per heavy atom. The molecule has 8 nitrogen and oxygen atoms in total. The van der Waals surface area contributed by atoms with Gasteiger partial charge in [0, 0.05) is 67.7 Å². The number of carbonyl (C=O) groups is 1. The van der Waals surface area contributed by atoms with Crippen LogP contribution in [0.3, 0.4) is 0 Å². The van der Waals surface area contributed by atoms with E-state index < -0.39 is 0 Å². The number of H-pyrrole nitrogens is 1. The minimum atomic E-state index is -0.0413. The lowest BCUT2D eigenvalue weighted by molar-refractivity contribution is 0.0827. The zero-order valence-electron chi connectivity index (χ0n) is 20.5. The Kier molecular flexibility index (Phi) is 5.23. The monoisotopic (exact) mass is 490 g/mol. The molecule has 0 bridgehead atoms. The number of aromatic amines is 1. The second-order valence-electron chi connectivity index (χ2n) is 10.3. The van der Waals surface area contributed by atoms with Gasteiger partial charge in [0.25, 0.3) is 5.91 Å². The number of rotatable bonds is 4. The Hall–Kier alpha value is -3.17. The van der Waals surface area contributed by atoms with Crippen molar-refractivity contribution in [2.45, 2.75) is 38.3 Å². The van der Waals surface area contributed by atoms with Crippen molar-refractivity contribution in [2.75, 3.05) is 38.8 Å². The highest BCUT2D eigenvalue weighted by Gasteiger charge is 2.35. The summed E-state index contributed by atoms with van der Waals surface area (Å²) in [5, 5.41) is 2.13. The molecular formula is C26H30N6O2S. The molecule has 0 radical (unpaired) electrons. The molecule has 4 aromatic rings. The van der Waals surface area contributed by atoms with Crippen LogP contribution in [0.5, 0.6) is 0 Å². The molecule has 1 fully saturated rings. The van der Waals surface area contributed by atoms with E-state index in [4.69, 9.17) is 9.72 Å². The molecule has 1 amide bonds. The lowest BCUT2D eigenvalue weighted by atomic mass is 9.94. The average molecular weight is 491 g/mol. The number of hydrogen-bond acceptors (Lipinski definition) is 6. The van der Waals surface area contributed by atoms with Crippen LogP contribution in [0.25, 0.3) is 21.6 Å². The highest BCUT2D eigenvalue weighted by Crippen LogP contribution is 2.43. The second kappa shape index (κ2) is 8.20. The van der Waals surface area contributed by atoms with Crippen LogP contribution >= 0.6 is 11.3 Å². The van der Waals surface area contributed by atoms with Gasteiger partial charge in [-0.15, -0.1) is 0 Å². The molecule has 1 atom stereocenters. The van der Waals surface area contributed by atoms with Crippen molar-refractivity contribution in [1.82, 2.24) is 24.4 Å². The SMILES string of the molecule is CN(C)C(=O)c1ccc2[nH]cc(C[C@H]3COCCN3c3nc4c(s3)-c3nccn3C(C)(C)C4)c2c1. The van der Waals surface area contributed by atoms with E-state index in [2.05, 4.69) is 45.7 Å². The van der Waals surface area contributed by atoms with Crippen LogP contribution in [0.15, 0.2) is 36.8 Å². The maximum atomic E-state index is 12.5. The zero-order chi connectivity index (χ0) is 24.3. The highest BCUT2D eigenvalue weighted by atomic mass is 32.1. The average Bonchev–Trinajstić information content (AvgIpc) is 3.57. The fraction of sp³-hybridized carbons (Fsp3) is 0.423. The quantitative estimate of drug-likeness (QED) is 0.469. The van der Waals surface area contributed by atoms with Crippen molar-refractivity contribution < 1.29 is 9.53 Å². The number of carbonyl (C=O) groups excluding carboxylic acids is 1. The molecule has 0 saturated carbocycles. The summed E-state index contributed by atoms with van der Waals surface area (Å²) in [6, 6.07) is 6.04. The molecule has 3 aromatic heterocycles. The first-order chi connectivity index (χ1) is 16.8. The predicted octanol–water partition coefficient (Wildman–Crippen LogP) is 3.93. The summed E-state index contributed by atoms with van der Waals surface area (Å²) in [6.45, 7) is 6.62. The Labute approximate surface area is 208 Å². The second-order valence-corrected chi connectivity index (χ2v) is 11.3. The summed E-state index contributed by atoms with van der Waals surface area (Å²) in [4.78, 5) is 30.9. The summed E-state index contributed by atoms with van der Waals surface area (Å²) in [5.74, 6) is 1.02. The van der Waals surface area contributed by atoms with Crippen LogP contribution in [0.2, 0.25) is 0 Å². The number of nitrogens with one attached hydrogen (secondary N) is 1. The smallest absolute Gasteiger partial charge is 0.253 e. The summed E-state index contributed by atoms with van der Waals surface area (Å²) >= 11 is 1.74. The van der Waals surface area contributed by atoms with Gasteiger partial charge in [-0.05, 0) is 44.0 Å². The summed E-state index contributed by atoms with van der Waals surface area (Å²) in [6.07, 6.45) is 7.72. The molecule has 1 saturated heterocycles. The van der Waals surface area contributed by atoms with Gasteiger partial charge in [0.2, 0.25) is 0 Å². The number of imidazole rings is 1. The van der Waals surface area contributed by atoms with Crippen LogP contribution in [-0.4, -0.2) is 70.2 Å². The number of benzene rings is 1. The van der Waals surface area contributed by atoms with E-state index in [1.54, 1.807) is 30.3 Å². The van der Waals surface area contributed by atoms with Gasteiger partial charge in [0.15, 0.2) is 11.0 Å². The maximum Gasteiger partial charge on any atom is 0.253 e. The molecule has 2 aliphatic heterocycles. The predicted molar refractivity (Wildman–Crippen MR) is 138 cm³/mol. The van der Waals surface area contributed by atoms with E-state index in [9.17, 15) is 4.79 Å².